The third-order valence-electron chi connectivity index (χ3n) is 7.76. The summed E-state index contributed by atoms with van der Waals surface area (Å²) in [5.74, 6) is 2.90. The fourth-order valence-corrected chi connectivity index (χ4v) is 5.40. The van der Waals surface area contributed by atoms with Crippen molar-refractivity contribution in [1.29, 1.82) is 0 Å². The van der Waals surface area contributed by atoms with Gasteiger partial charge in [-0.25, -0.2) is 0 Å². The van der Waals surface area contributed by atoms with Crippen molar-refractivity contribution in [2.24, 2.45) is 11.8 Å². The fraction of sp³-hybridized carbons (Fsp3) is 0.656. The quantitative estimate of drug-likeness (QED) is 0.231. The normalized spacial score (nSPS) is 18.2. The van der Waals surface area contributed by atoms with Gasteiger partial charge in [-0.3, -0.25) is 4.98 Å². The molecule has 0 saturated heterocycles. The van der Waals surface area contributed by atoms with E-state index in [1.54, 1.807) is 0 Å². The van der Waals surface area contributed by atoms with E-state index >= 15 is 0 Å². The molecule has 1 aliphatic rings. The first kappa shape index (κ1) is 26.8. The van der Waals surface area contributed by atoms with E-state index in [2.05, 4.69) is 56.4 Å². The zero-order chi connectivity index (χ0) is 23.8. The Hall–Kier alpha value is -1.83. The van der Waals surface area contributed by atoms with Crippen LogP contribution in [-0.2, 0) is 6.42 Å². The molecule has 0 bridgehead atoms. The van der Waals surface area contributed by atoms with Crippen LogP contribution in [0.4, 0.5) is 0 Å². The summed E-state index contributed by atoms with van der Waals surface area (Å²) >= 11 is 0. The maximum atomic E-state index is 5.90. The predicted molar refractivity (Wildman–Crippen MR) is 146 cm³/mol. The molecule has 1 fully saturated rings. The Morgan fingerprint density at radius 1 is 0.706 bits per heavy atom. The molecule has 1 aliphatic carbocycles. The maximum absolute atomic E-state index is 5.90. The number of ether oxygens (including phenoxy) is 1. The first-order chi connectivity index (χ1) is 16.8. The number of hydrogen-bond donors (Lipinski definition) is 0. The van der Waals surface area contributed by atoms with E-state index in [9.17, 15) is 0 Å². The molecule has 0 atom stereocenters. The van der Waals surface area contributed by atoms with Crippen molar-refractivity contribution < 1.29 is 4.74 Å². The van der Waals surface area contributed by atoms with Crippen molar-refractivity contribution in [1.82, 2.24) is 4.98 Å². The summed E-state index contributed by atoms with van der Waals surface area (Å²) < 4.78 is 5.90. The van der Waals surface area contributed by atoms with Crippen LogP contribution < -0.4 is 4.74 Å². The SMILES string of the molecule is CCCCCCCOc1ccc(-c2ccc(CC[C@H]3CC[C@H](CCCCCC)CC3)cn2)cc1. The summed E-state index contributed by atoms with van der Waals surface area (Å²) in [6, 6.07) is 12.9. The standard InChI is InChI=1S/C32H49NO/c1-3-5-7-9-11-25-34-31-22-20-30(21-23-31)32-24-19-29(26-33-32)18-17-28-15-13-27(14-16-28)12-10-8-6-4-2/h19-24,26-28H,3-18,25H2,1-2H3/t27-,28-. The Balaban J connectivity index is 1.34. The number of aryl methyl sites for hydroxylation is 1. The van der Waals surface area contributed by atoms with E-state index < -0.39 is 0 Å². The van der Waals surface area contributed by atoms with Gasteiger partial charge in [-0.15, -0.1) is 0 Å². The van der Waals surface area contributed by atoms with Gasteiger partial charge < -0.3 is 4.74 Å². The molecule has 0 spiro atoms. The van der Waals surface area contributed by atoms with Gasteiger partial charge in [0, 0.05) is 11.8 Å². The van der Waals surface area contributed by atoms with Gasteiger partial charge in [-0.05, 0) is 67.0 Å². The lowest BCUT2D eigenvalue weighted by atomic mass is 9.78. The Labute approximate surface area is 209 Å². The number of nitrogens with zero attached hydrogens (tertiary/aromatic N) is 1. The number of benzene rings is 1. The Bertz CT molecular complexity index is 759. The van der Waals surface area contributed by atoms with Gasteiger partial charge in [0.2, 0.25) is 0 Å². The molecule has 3 rings (SSSR count). The average Bonchev–Trinajstić information content (AvgIpc) is 2.89. The van der Waals surface area contributed by atoms with Crippen LogP contribution >= 0.6 is 0 Å². The smallest absolute Gasteiger partial charge is 0.119 e. The number of hydrogen-bond acceptors (Lipinski definition) is 2. The maximum Gasteiger partial charge on any atom is 0.119 e. The number of rotatable bonds is 16. The molecule has 188 valence electrons. The predicted octanol–water partition coefficient (Wildman–Crippen LogP) is 9.81. The first-order valence-corrected chi connectivity index (χ1v) is 14.5. The molecule has 34 heavy (non-hydrogen) atoms. The lowest BCUT2D eigenvalue weighted by molar-refractivity contribution is 0.249. The average molecular weight is 464 g/mol. The van der Waals surface area contributed by atoms with Gasteiger partial charge in [0.15, 0.2) is 0 Å². The van der Waals surface area contributed by atoms with Gasteiger partial charge in [0.05, 0.1) is 12.3 Å². The second kappa shape index (κ2) is 16.0. The van der Waals surface area contributed by atoms with Gasteiger partial charge in [-0.2, -0.15) is 0 Å². The highest BCUT2D eigenvalue weighted by molar-refractivity contribution is 5.60. The van der Waals surface area contributed by atoms with Crippen molar-refractivity contribution in [3.8, 4) is 17.0 Å². The highest BCUT2D eigenvalue weighted by atomic mass is 16.5. The molecule has 0 amide bonds. The van der Waals surface area contributed by atoms with Crippen LogP contribution in [0.3, 0.4) is 0 Å². The van der Waals surface area contributed by atoms with Crippen molar-refractivity contribution in [2.45, 2.75) is 117 Å². The van der Waals surface area contributed by atoms with Crippen LogP contribution in [0, 0.1) is 11.8 Å². The molecule has 0 radical (unpaired) electrons. The minimum absolute atomic E-state index is 0.816. The number of pyridine rings is 1. The minimum Gasteiger partial charge on any atom is -0.494 e. The van der Waals surface area contributed by atoms with E-state index in [4.69, 9.17) is 9.72 Å². The largest absolute Gasteiger partial charge is 0.494 e. The third kappa shape index (κ3) is 9.80. The van der Waals surface area contributed by atoms with Crippen LogP contribution in [0.1, 0.15) is 116 Å². The molecule has 2 aromatic rings. The van der Waals surface area contributed by atoms with Gasteiger partial charge in [0.1, 0.15) is 5.75 Å². The van der Waals surface area contributed by atoms with Crippen molar-refractivity contribution in [2.75, 3.05) is 6.61 Å². The molecule has 1 saturated carbocycles. The Morgan fingerprint density at radius 2 is 1.35 bits per heavy atom. The molecule has 1 aromatic heterocycles. The molecule has 0 N–H and O–H groups in total. The second-order valence-corrected chi connectivity index (χ2v) is 10.6. The van der Waals surface area contributed by atoms with Gasteiger partial charge in [0.25, 0.3) is 0 Å². The summed E-state index contributed by atoms with van der Waals surface area (Å²) in [5, 5.41) is 0. The highest BCUT2D eigenvalue weighted by Gasteiger charge is 2.20. The van der Waals surface area contributed by atoms with Crippen molar-refractivity contribution >= 4 is 0 Å². The summed E-state index contributed by atoms with van der Waals surface area (Å²) in [7, 11) is 0. The summed E-state index contributed by atoms with van der Waals surface area (Å²) in [6.45, 7) is 5.37. The molecule has 2 nitrogen and oxygen atoms in total. The van der Waals surface area contributed by atoms with Crippen LogP contribution in [-0.4, -0.2) is 11.6 Å². The topological polar surface area (TPSA) is 22.1 Å². The van der Waals surface area contributed by atoms with Crippen molar-refractivity contribution in [3.05, 3.63) is 48.2 Å². The van der Waals surface area contributed by atoms with E-state index in [1.807, 2.05) is 0 Å². The molecule has 1 heterocycles. The summed E-state index contributed by atoms with van der Waals surface area (Å²) in [6.07, 6.45) is 23.9. The second-order valence-electron chi connectivity index (χ2n) is 10.6. The van der Waals surface area contributed by atoms with Crippen LogP contribution in [0.15, 0.2) is 42.6 Å². The molecule has 0 unspecified atom stereocenters. The third-order valence-corrected chi connectivity index (χ3v) is 7.76. The molecule has 0 aliphatic heterocycles. The lowest BCUT2D eigenvalue weighted by Crippen LogP contribution is -2.15. The van der Waals surface area contributed by atoms with Crippen LogP contribution in [0.5, 0.6) is 5.75 Å². The zero-order valence-electron chi connectivity index (χ0n) is 22.1. The minimum atomic E-state index is 0.816. The molecular formula is C32H49NO. The first-order valence-electron chi connectivity index (χ1n) is 14.5. The van der Waals surface area contributed by atoms with E-state index in [0.717, 1.165) is 36.3 Å². The zero-order valence-corrected chi connectivity index (χ0v) is 22.1. The summed E-state index contributed by atoms with van der Waals surface area (Å²) in [5.41, 5.74) is 3.60. The van der Waals surface area contributed by atoms with E-state index in [0.29, 0.717) is 0 Å². The monoisotopic (exact) mass is 463 g/mol. The van der Waals surface area contributed by atoms with Gasteiger partial charge in [-0.1, -0.05) is 103 Å². The van der Waals surface area contributed by atoms with E-state index in [-0.39, 0.29) is 0 Å². The van der Waals surface area contributed by atoms with Crippen LogP contribution in [0.25, 0.3) is 11.3 Å². The van der Waals surface area contributed by atoms with Crippen molar-refractivity contribution in [3.63, 3.8) is 0 Å². The molecule has 1 aromatic carbocycles. The number of unbranched alkanes of at least 4 members (excludes halogenated alkanes) is 7. The number of aromatic nitrogens is 1. The Kier molecular flexibility index (Phi) is 12.6. The summed E-state index contributed by atoms with van der Waals surface area (Å²) in [4.78, 5) is 4.77. The molecule has 2 heteroatoms. The van der Waals surface area contributed by atoms with E-state index in [1.165, 1.54) is 107 Å². The highest BCUT2D eigenvalue weighted by Crippen LogP contribution is 2.34. The Morgan fingerprint density at radius 3 is 2.00 bits per heavy atom. The van der Waals surface area contributed by atoms with Gasteiger partial charge >= 0.3 is 0 Å². The lowest BCUT2D eigenvalue weighted by Gasteiger charge is -2.28. The van der Waals surface area contributed by atoms with Crippen LogP contribution in [0.2, 0.25) is 0 Å². The fourth-order valence-electron chi connectivity index (χ4n) is 5.40. The molecular weight excluding hydrogens is 414 g/mol.